The van der Waals surface area contributed by atoms with Gasteiger partial charge in [0.2, 0.25) is 0 Å². The molecule has 108 valence electrons. The van der Waals surface area contributed by atoms with E-state index < -0.39 is 0 Å². The van der Waals surface area contributed by atoms with E-state index in [0.717, 1.165) is 44.4 Å². The summed E-state index contributed by atoms with van der Waals surface area (Å²) >= 11 is 6.01. The monoisotopic (exact) mass is 285 g/mol. The molecule has 0 aromatic heterocycles. The van der Waals surface area contributed by atoms with Gasteiger partial charge in [-0.2, -0.15) is 0 Å². The van der Waals surface area contributed by atoms with Gasteiger partial charge in [0.15, 0.2) is 0 Å². The van der Waals surface area contributed by atoms with Crippen LogP contribution in [0.25, 0.3) is 0 Å². The summed E-state index contributed by atoms with van der Waals surface area (Å²) in [7, 11) is 1.71. The van der Waals surface area contributed by atoms with Crippen LogP contribution in [0, 0.1) is 5.92 Å². The van der Waals surface area contributed by atoms with Gasteiger partial charge in [-0.05, 0) is 37.0 Å². The van der Waals surface area contributed by atoms with Crippen LogP contribution in [0.3, 0.4) is 0 Å². The first-order valence-electron chi connectivity index (χ1n) is 6.78. The lowest BCUT2D eigenvalue weighted by Crippen LogP contribution is -2.30. The highest BCUT2D eigenvalue weighted by Crippen LogP contribution is 2.14. The molecule has 0 spiro atoms. The molecule has 1 atom stereocenters. The van der Waals surface area contributed by atoms with Crippen LogP contribution >= 0.6 is 11.6 Å². The van der Waals surface area contributed by atoms with Crippen molar-refractivity contribution < 1.29 is 9.47 Å². The minimum atomic E-state index is 0.454. The van der Waals surface area contributed by atoms with Gasteiger partial charge in [-0.25, -0.2) is 0 Å². The minimum Gasteiger partial charge on any atom is -0.383 e. The van der Waals surface area contributed by atoms with Gasteiger partial charge in [0.1, 0.15) is 0 Å². The summed E-state index contributed by atoms with van der Waals surface area (Å²) in [6.45, 7) is 6.07. The molecule has 4 heteroatoms. The van der Waals surface area contributed by atoms with Gasteiger partial charge in [0.05, 0.1) is 13.2 Å². The summed E-state index contributed by atoms with van der Waals surface area (Å²) in [6, 6.07) is 8.03. The fourth-order valence-corrected chi connectivity index (χ4v) is 2.17. The highest BCUT2D eigenvalue weighted by atomic mass is 35.5. The summed E-state index contributed by atoms with van der Waals surface area (Å²) in [6.07, 6.45) is 0.973. The zero-order valence-electron chi connectivity index (χ0n) is 11.8. The average molecular weight is 286 g/mol. The molecule has 19 heavy (non-hydrogen) atoms. The van der Waals surface area contributed by atoms with Crippen LogP contribution in [0.1, 0.15) is 12.5 Å². The van der Waals surface area contributed by atoms with Gasteiger partial charge in [-0.1, -0.05) is 23.7 Å². The first kappa shape index (κ1) is 16.4. The fourth-order valence-electron chi connectivity index (χ4n) is 1.95. The summed E-state index contributed by atoms with van der Waals surface area (Å²) in [5, 5.41) is 4.18. The van der Waals surface area contributed by atoms with Crippen molar-refractivity contribution >= 4 is 11.6 Å². The molecule has 1 rings (SSSR count). The Bertz CT molecular complexity index is 347. The Kier molecular flexibility index (Phi) is 8.84. The molecular weight excluding hydrogens is 262 g/mol. The molecule has 0 aliphatic carbocycles. The predicted octanol–water partition coefficient (Wildman–Crippen LogP) is 2.77. The van der Waals surface area contributed by atoms with E-state index in [2.05, 4.69) is 11.4 Å². The number of methoxy groups -OCH3 is 1. The van der Waals surface area contributed by atoms with Crippen molar-refractivity contribution in [1.29, 1.82) is 0 Å². The van der Waals surface area contributed by atoms with Gasteiger partial charge in [0, 0.05) is 31.8 Å². The van der Waals surface area contributed by atoms with E-state index in [-0.39, 0.29) is 0 Å². The predicted molar refractivity (Wildman–Crippen MR) is 79.9 cm³/mol. The average Bonchev–Trinajstić information content (AvgIpc) is 2.40. The van der Waals surface area contributed by atoms with Crippen molar-refractivity contribution in [1.82, 2.24) is 5.32 Å². The maximum atomic E-state index is 6.01. The summed E-state index contributed by atoms with van der Waals surface area (Å²) in [4.78, 5) is 0. The molecule has 0 saturated heterocycles. The maximum Gasteiger partial charge on any atom is 0.0587 e. The maximum absolute atomic E-state index is 6.01. The van der Waals surface area contributed by atoms with Crippen molar-refractivity contribution in [3.8, 4) is 0 Å². The van der Waals surface area contributed by atoms with Crippen molar-refractivity contribution in [2.75, 3.05) is 40.0 Å². The number of hydrogen-bond acceptors (Lipinski definition) is 3. The summed E-state index contributed by atoms with van der Waals surface area (Å²) in [5.41, 5.74) is 1.26. The summed E-state index contributed by atoms with van der Waals surface area (Å²) < 4.78 is 10.6. The number of rotatable bonds is 10. The van der Waals surface area contributed by atoms with E-state index in [1.165, 1.54) is 5.56 Å². The first-order valence-corrected chi connectivity index (χ1v) is 7.16. The van der Waals surface area contributed by atoms with Crippen molar-refractivity contribution in [2.24, 2.45) is 5.92 Å². The fraction of sp³-hybridized carbons (Fsp3) is 0.600. The van der Waals surface area contributed by atoms with E-state index in [1.54, 1.807) is 7.11 Å². The summed E-state index contributed by atoms with van der Waals surface area (Å²) in [5.74, 6) is 0.454. The van der Waals surface area contributed by atoms with Crippen LogP contribution in [0.2, 0.25) is 5.02 Å². The Labute approximate surface area is 121 Å². The molecule has 1 aromatic carbocycles. The van der Waals surface area contributed by atoms with Crippen LogP contribution in [0.5, 0.6) is 0 Å². The van der Waals surface area contributed by atoms with Gasteiger partial charge in [0.25, 0.3) is 0 Å². The van der Waals surface area contributed by atoms with Crippen molar-refractivity contribution in [3.63, 3.8) is 0 Å². The van der Waals surface area contributed by atoms with Crippen LogP contribution in [0.4, 0.5) is 0 Å². The van der Waals surface area contributed by atoms with Crippen LogP contribution in [-0.4, -0.2) is 40.0 Å². The molecule has 1 unspecified atom stereocenters. The zero-order valence-corrected chi connectivity index (χ0v) is 12.6. The minimum absolute atomic E-state index is 0.454. The topological polar surface area (TPSA) is 30.5 Å². The molecule has 1 N–H and O–H groups in total. The Hall–Kier alpha value is -0.610. The smallest absolute Gasteiger partial charge is 0.0587 e. The quantitative estimate of drug-likeness (QED) is 0.671. The Morgan fingerprint density at radius 2 is 2.21 bits per heavy atom. The lowest BCUT2D eigenvalue weighted by Gasteiger charge is -2.17. The second-order valence-electron chi connectivity index (χ2n) is 4.56. The van der Waals surface area contributed by atoms with Crippen molar-refractivity contribution in [3.05, 3.63) is 34.9 Å². The van der Waals surface area contributed by atoms with Gasteiger partial charge in [-0.3, -0.25) is 0 Å². The molecule has 0 radical (unpaired) electrons. The van der Waals surface area contributed by atoms with Gasteiger partial charge < -0.3 is 14.8 Å². The second-order valence-corrected chi connectivity index (χ2v) is 4.99. The zero-order chi connectivity index (χ0) is 13.9. The number of benzene rings is 1. The lowest BCUT2D eigenvalue weighted by molar-refractivity contribution is 0.108. The highest BCUT2D eigenvalue weighted by Gasteiger charge is 2.10. The molecule has 1 aromatic rings. The number of nitrogens with one attached hydrogen (secondary N) is 1. The molecule has 0 aliphatic rings. The lowest BCUT2D eigenvalue weighted by atomic mass is 10.00. The molecule has 0 heterocycles. The molecule has 0 saturated carbocycles. The van der Waals surface area contributed by atoms with E-state index in [1.807, 2.05) is 25.1 Å². The normalized spacial score (nSPS) is 12.6. The van der Waals surface area contributed by atoms with Gasteiger partial charge >= 0.3 is 0 Å². The largest absolute Gasteiger partial charge is 0.383 e. The molecule has 0 amide bonds. The Morgan fingerprint density at radius 1 is 1.37 bits per heavy atom. The third-order valence-electron chi connectivity index (χ3n) is 2.89. The van der Waals surface area contributed by atoms with Crippen LogP contribution in [-0.2, 0) is 15.9 Å². The first-order chi connectivity index (χ1) is 9.26. The van der Waals surface area contributed by atoms with E-state index in [9.17, 15) is 0 Å². The molecule has 0 fully saturated rings. The van der Waals surface area contributed by atoms with E-state index in [0.29, 0.717) is 5.92 Å². The van der Waals surface area contributed by atoms with E-state index >= 15 is 0 Å². The third kappa shape index (κ3) is 7.53. The molecule has 3 nitrogen and oxygen atoms in total. The molecule has 0 aliphatic heterocycles. The highest BCUT2D eigenvalue weighted by molar-refractivity contribution is 6.30. The molecular formula is C15H24ClNO2. The number of ether oxygens (including phenoxy) is 2. The van der Waals surface area contributed by atoms with Gasteiger partial charge in [-0.15, -0.1) is 0 Å². The Balaban J connectivity index is 2.43. The standard InChI is InChI=1S/C15H24ClNO2/c1-3-19-12-14(11-17-7-8-18-2)9-13-5-4-6-15(16)10-13/h4-6,10,14,17H,3,7-9,11-12H2,1-2H3. The van der Waals surface area contributed by atoms with Crippen LogP contribution < -0.4 is 5.32 Å². The van der Waals surface area contributed by atoms with E-state index in [4.69, 9.17) is 21.1 Å². The third-order valence-corrected chi connectivity index (χ3v) is 3.12. The number of hydrogen-bond donors (Lipinski definition) is 1. The molecule has 0 bridgehead atoms. The SMILES string of the molecule is CCOCC(CNCCOC)Cc1cccc(Cl)c1. The number of halogens is 1. The van der Waals surface area contributed by atoms with Crippen molar-refractivity contribution in [2.45, 2.75) is 13.3 Å². The Morgan fingerprint density at radius 3 is 2.89 bits per heavy atom. The van der Waals surface area contributed by atoms with Crippen LogP contribution in [0.15, 0.2) is 24.3 Å². The second kappa shape index (κ2) is 10.2.